The van der Waals surface area contributed by atoms with Gasteiger partial charge in [-0.25, -0.2) is 0 Å². The molecule has 28 heavy (non-hydrogen) atoms. The fraction of sp³-hybridized carbons (Fsp3) is 0.444. The Hall–Kier alpha value is -2.27. The lowest BCUT2D eigenvalue weighted by Gasteiger charge is -2.09. The molecule has 9 nitrogen and oxygen atoms in total. The maximum atomic E-state index is 10.7. The van der Waals surface area contributed by atoms with Crippen molar-refractivity contribution in [2.75, 3.05) is 27.7 Å². The summed E-state index contributed by atoms with van der Waals surface area (Å²) in [5.74, 6) is -2.08. The lowest BCUT2D eigenvalue weighted by Crippen LogP contribution is -2.14. The fourth-order valence-corrected chi connectivity index (χ4v) is 2.67. The first-order valence-corrected chi connectivity index (χ1v) is 9.74. The summed E-state index contributed by atoms with van der Waals surface area (Å²) < 4.78 is 21.5. The molecule has 0 aliphatic heterocycles. The molecule has 1 aromatic heterocycles. The number of fused-ring (bicyclic) bond motifs is 1. The smallest absolute Gasteiger partial charge is 0.303 e. The van der Waals surface area contributed by atoms with Crippen LogP contribution in [0.4, 0.5) is 0 Å². The van der Waals surface area contributed by atoms with E-state index in [1.165, 1.54) is 12.6 Å². The van der Waals surface area contributed by atoms with Gasteiger partial charge in [0.25, 0.3) is 0 Å². The van der Waals surface area contributed by atoms with Crippen LogP contribution in [0.15, 0.2) is 24.4 Å². The van der Waals surface area contributed by atoms with Crippen molar-refractivity contribution in [3.05, 3.63) is 35.5 Å². The number of nitrogens with one attached hydrogen (secondary N) is 1. The van der Waals surface area contributed by atoms with Crippen molar-refractivity contribution in [3.8, 4) is 0 Å². The summed E-state index contributed by atoms with van der Waals surface area (Å²) in [7, 11) is 5.59. The zero-order chi connectivity index (χ0) is 21.7. The maximum absolute atomic E-state index is 10.7. The lowest BCUT2D eigenvalue weighted by molar-refractivity contribution is -0.143. The minimum Gasteiger partial charge on any atom is -0.772 e. The normalized spacial score (nSPS) is 11.2. The molecule has 1 unspecified atom stereocenters. The molecule has 2 rings (SSSR count). The van der Waals surface area contributed by atoms with Crippen LogP contribution in [-0.2, 0) is 32.8 Å². The Morgan fingerprint density at radius 2 is 1.75 bits per heavy atom. The van der Waals surface area contributed by atoms with Crippen molar-refractivity contribution in [3.63, 3.8) is 0 Å². The van der Waals surface area contributed by atoms with Gasteiger partial charge in [0.2, 0.25) is 0 Å². The van der Waals surface area contributed by atoms with Gasteiger partial charge in [0.05, 0.1) is 12.8 Å². The molecule has 0 amide bonds. The number of carbonyl (C=O) groups is 2. The van der Waals surface area contributed by atoms with Crippen LogP contribution in [-0.4, -0.2) is 68.5 Å². The van der Waals surface area contributed by atoms with Crippen LogP contribution in [0.5, 0.6) is 0 Å². The average molecular weight is 415 g/mol. The molecular formula is C18H28N3O6S-. The highest BCUT2D eigenvalue weighted by atomic mass is 32.2. The number of nitrogens with two attached hydrogens (primary N) is 1. The molecule has 0 fully saturated rings. The van der Waals surface area contributed by atoms with Crippen molar-refractivity contribution in [2.24, 2.45) is 5.73 Å². The third kappa shape index (κ3) is 10.8. The molecule has 1 heterocycles. The van der Waals surface area contributed by atoms with Crippen LogP contribution >= 0.6 is 0 Å². The molecule has 0 saturated carbocycles. The van der Waals surface area contributed by atoms with E-state index < -0.39 is 23.0 Å². The highest BCUT2D eigenvalue weighted by Gasteiger charge is 2.05. The number of H-pyrrole nitrogens is 1. The highest BCUT2D eigenvalue weighted by Crippen LogP contribution is 2.21. The predicted octanol–water partition coefficient (Wildman–Crippen LogP) is 1.16. The van der Waals surface area contributed by atoms with Gasteiger partial charge in [0, 0.05) is 29.4 Å². The molecule has 0 radical (unpaired) electrons. The van der Waals surface area contributed by atoms with Gasteiger partial charge in [-0.1, -0.05) is 17.1 Å². The van der Waals surface area contributed by atoms with E-state index in [0.717, 1.165) is 29.4 Å². The van der Waals surface area contributed by atoms with Crippen molar-refractivity contribution in [2.45, 2.75) is 25.0 Å². The van der Waals surface area contributed by atoms with E-state index in [1.807, 2.05) is 38.5 Å². The van der Waals surface area contributed by atoms with Crippen molar-refractivity contribution < 1.29 is 28.6 Å². The fourth-order valence-electron chi connectivity index (χ4n) is 2.22. The van der Waals surface area contributed by atoms with Gasteiger partial charge in [-0.05, 0) is 50.8 Å². The minimum absolute atomic E-state index is 0.0776. The molecule has 1 aromatic carbocycles. The van der Waals surface area contributed by atoms with Crippen molar-refractivity contribution in [1.29, 1.82) is 0 Å². The summed E-state index contributed by atoms with van der Waals surface area (Å²) in [6.07, 6.45) is 2.37. The predicted molar refractivity (Wildman–Crippen MR) is 108 cm³/mol. The number of hydrogen-bond donors (Lipinski definition) is 4. The van der Waals surface area contributed by atoms with Gasteiger partial charge in [0.15, 0.2) is 0 Å². The van der Waals surface area contributed by atoms with E-state index in [9.17, 15) is 18.4 Å². The number of likely N-dealkylation sites (N-methyl/N-ethyl adjacent to an activating group) is 1. The van der Waals surface area contributed by atoms with Crippen LogP contribution in [0.1, 0.15) is 24.0 Å². The Morgan fingerprint density at radius 1 is 1.18 bits per heavy atom. The van der Waals surface area contributed by atoms with E-state index in [2.05, 4.69) is 15.6 Å². The molecule has 1 atom stereocenters. The Labute approximate surface area is 166 Å². The first-order chi connectivity index (χ1) is 13.2. The van der Waals surface area contributed by atoms with Gasteiger partial charge in [0.1, 0.15) is 0 Å². The van der Waals surface area contributed by atoms with Gasteiger partial charge in [-0.15, -0.1) is 0 Å². The number of carboxylic acid groups (broad SMARTS) is 2. The second kappa shape index (κ2) is 13.8. The monoisotopic (exact) mass is 414 g/mol. The lowest BCUT2D eigenvalue weighted by atomic mass is 10.1. The number of aromatic amines is 1. The maximum Gasteiger partial charge on any atom is 0.303 e. The number of benzene rings is 1. The Kier molecular flexibility index (Phi) is 12.7. The van der Waals surface area contributed by atoms with Crippen LogP contribution in [0.2, 0.25) is 0 Å². The molecular weight excluding hydrogens is 386 g/mol. The number of aromatic nitrogens is 1. The van der Waals surface area contributed by atoms with E-state index in [-0.39, 0.29) is 18.6 Å². The van der Waals surface area contributed by atoms with Crippen LogP contribution in [0.3, 0.4) is 0 Å². The van der Waals surface area contributed by atoms with Gasteiger partial charge >= 0.3 is 11.9 Å². The van der Waals surface area contributed by atoms with Crippen LogP contribution in [0.25, 0.3) is 10.9 Å². The molecule has 158 valence electrons. The molecule has 10 heteroatoms. The summed E-state index contributed by atoms with van der Waals surface area (Å²) in [6.45, 7) is 0.977. The Morgan fingerprint density at radius 3 is 2.21 bits per heavy atom. The summed E-state index contributed by atoms with van der Waals surface area (Å²) in [5, 5.41) is 16.9. The first-order valence-electron chi connectivity index (χ1n) is 8.50. The molecule has 0 aliphatic rings. The minimum atomic E-state index is -2.03. The Balaban J connectivity index is 0.000000618. The molecule has 5 N–H and O–H groups in total. The molecule has 0 saturated heterocycles. The largest absolute Gasteiger partial charge is 0.772 e. The van der Waals surface area contributed by atoms with Crippen molar-refractivity contribution in [1.82, 2.24) is 9.88 Å². The number of hydrogen-bond acceptors (Lipinski definition) is 6. The zero-order valence-corrected chi connectivity index (χ0v) is 17.1. The molecule has 0 spiro atoms. The average Bonchev–Trinajstić information content (AvgIpc) is 3.02. The zero-order valence-electron chi connectivity index (χ0n) is 16.3. The summed E-state index contributed by atoms with van der Waals surface area (Å²) in [6, 6.07) is 5.76. The van der Waals surface area contributed by atoms with Crippen LogP contribution < -0.4 is 5.73 Å². The summed E-state index contributed by atoms with van der Waals surface area (Å²) >= 11 is -2.03. The number of aliphatic carboxylic acids is 2. The highest BCUT2D eigenvalue weighted by molar-refractivity contribution is 7.78. The SMILES string of the molecule is CN.CN(C)CCc1c[nH]c2ccc(CS(=O)[O-])cc12.O=C(O)CCC(=O)O. The Bertz CT molecular complexity index is 762. The van der Waals surface area contributed by atoms with Gasteiger partial charge < -0.3 is 30.4 Å². The summed E-state index contributed by atoms with van der Waals surface area (Å²) in [5.41, 5.74) is 7.63. The molecule has 0 aliphatic carbocycles. The summed E-state index contributed by atoms with van der Waals surface area (Å²) in [4.78, 5) is 24.6. The van der Waals surface area contributed by atoms with Gasteiger partial charge in [-0.2, -0.15) is 0 Å². The van der Waals surface area contributed by atoms with E-state index in [4.69, 9.17) is 10.2 Å². The van der Waals surface area contributed by atoms with E-state index in [0.29, 0.717) is 0 Å². The third-order valence-corrected chi connectivity index (χ3v) is 4.07. The third-order valence-electron chi connectivity index (χ3n) is 3.50. The van der Waals surface area contributed by atoms with Crippen LogP contribution in [0, 0.1) is 0 Å². The number of carboxylic acids is 2. The van der Waals surface area contributed by atoms with Gasteiger partial charge in [-0.3, -0.25) is 13.8 Å². The quantitative estimate of drug-likeness (QED) is 0.468. The topological polar surface area (TPSA) is 160 Å². The first kappa shape index (κ1) is 25.7. The number of rotatable bonds is 8. The standard InChI is InChI=1S/C13H18N2O2S.C4H6O4.CH5N/c1-15(2)6-5-11-8-14-13-4-3-10(7-12(11)13)9-18(16)17;5-3(6)1-2-4(7)8;1-2/h3-4,7-8,14H,5-6,9H2,1-2H3,(H,16,17);1-2H2,(H,5,6)(H,7,8);2H2,1H3/p-1. The number of nitrogens with zero attached hydrogens (tertiary/aromatic N) is 1. The second-order valence-corrected chi connectivity index (χ2v) is 6.88. The second-order valence-electron chi connectivity index (χ2n) is 5.98. The van der Waals surface area contributed by atoms with E-state index in [1.54, 1.807) is 0 Å². The molecule has 2 aromatic rings. The van der Waals surface area contributed by atoms with Crippen molar-refractivity contribution >= 4 is 33.9 Å². The molecule has 0 bridgehead atoms. The van der Waals surface area contributed by atoms with E-state index >= 15 is 0 Å².